The van der Waals surface area contributed by atoms with Crippen molar-refractivity contribution in [3.8, 4) is 11.3 Å². The molecule has 1 atom stereocenters. The second kappa shape index (κ2) is 8.53. The van der Waals surface area contributed by atoms with Crippen molar-refractivity contribution in [3.63, 3.8) is 0 Å². The van der Waals surface area contributed by atoms with Gasteiger partial charge in [0.25, 0.3) is 0 Å². The fraction of sp³-hybridized carbons (Fsp3) is 0.292. The Hall–Kier alpha value is -3.41. The fourth-order valence-corrected chi connectivity index (χ4v) is 3.41. The predicted octanol–water partition coefficient (Wildman–Crippen LogP) is 4.97. The number of rotatable bonds is 7. The van der Waals surface area contributed by atoms with Crippen molar-refractivity contribution >= 4 is 16.9 Å². The van der Waals surface area contributed by atoms with Crippen LogP contribution in [0.3, 0.4) is 0 Å². The number of aryl methyl sites for hydroxylation is 2. The number of amides is 1. The molecule has 2 aromatic carbocycles. The molecule has 0 aliphatic carbocycles. The standard InChI is InChI=1S/C24H26N4O2/c1-15(2)23(24-26-18-6-4-5-7-19(18)27-24)28-21(29)12-13-22-25-14-20(30-22)17-10-8-16(3)9-11-17/h4-11,14-15,23H,12-13H2,1-3H3,(H,26,27)(H,28,29). The largest absolute Gasteiger partial charge is 0.441 e. The van der Waals surface area contributed by atoms with Gasteiger partial charge < -0.3 is 14.7 Å². The number of H-pyrrole nitrogens is 1. The van der Waals surface area contributed by atoms with E-state index in [0.29, 0.717) is 24.5 Å². The Morgan fingerprint density at radius 2 is 1.90 bits per heavy atom. The molecule has 2 N–H and O–H groups in total. The number of aromatic amines is 1. The van der Waals surface area contributed by atoms with Crippen molar-refractivity contribution in [2.45, 2.75) is 39.7 Å². The first-order valence-electron chi connectivity index (χ1n) is 10.3. The molecule has 0 aliphatic heterocycles. The number of nitrogens with one attached hydrogen (secondary N) is 2. The van der Waals surface area contributed by atoms with E-state index in [0.717, 1.165) is 22.4 Å². The molecular formula is C24H26N4O2. The zero-order chi connectivity index (χ0) is 21.1. The van der Waals surface area contributed by atoms with Crippen LogP contribution in [0.2, 0.25) is 0 Å². The van der Waals surface area contributed by atoms with E-state index in [9.17, 15) is 4.79 Å². The Morgan fingerprint density at radius 1 is 1.13 bits per heavy atom. The summed E-state index contributed by atoms with van der Waals surface area (Å²) in [5.41, 5.74) is 4.04. The summed E-state index contributed by atoms with van der Waals surface area (Å²) in [7, 11) is 0. The van der Waals surface area contributed by atoms with Gasteiger partial charge in [0.15, 0.2) is 11.7 Å². The summed E-state index contributed by atoms with van der Waals surface area (Å²) in [6.07, 6.45) is 2.46. The van der Waals surface area contributed by atoms with E-state index >= 15 is 0 Å². The fourth-order valence-electron chi connectivity index (χ4n) is 3.41. The summed E-state index contributed by atoms with van der Waals surface area (Å²) < 4.78 is 5.83. The third kappa shape index (κ3) is 4.43. The van der Waals surface area contributed by atoms with Gasteiger partial charge in [0.1, 0.15) is 5.82 Å². The first-order chi connectivity index (χ1) is 14.5. The van der Waals surface area contributed by atoms with Crippen LogP contribution in [0.5, 0.6) is 0 Å². The van der Waals surface area contributed by atoms with Crippen molar-refractivity contribution in [3.05, 3.63) is 72.0 Å². The monoisotopic (exact) mass is 402 g/mol. The molecule has 0 radical (unpaired) electrons. The molecule has 2 heterocycles. The molecule has 4 rings (SSSR count). The number of para-hydroxylation sites is 2. The smallest absolute Gasteiger partial charge is 0.221 e. The van der Waals surface area contributed by atoms with Crippen molar-refractivity contribution in [2.24, 2.45) is 5.92 Å². The second-order valence-corrected chi connectivity index (χ2v) is 7.91. The third-order valence-corrected chi connectivity index (χ3v) is 5.14. The van der Waals surface area contributed by atoms with Crippen LogP contribution in [0, 0.1) is 12.8 Å². The van der Waals surface area contributed by atoms with Crippen LogP contribution in [-0.4, -0.2) is 20.9 Å². The summed E-state index contributed by atoms with van der Waals surface area (Å²) >= 11 is 0. The van der Waals surface area contributed by atoms with Gasteiger partial charge in [0.05, 0.1) is 23.3 Å². The highest BCUT2D eigenvalue weighted by Crippen LogP contribution is 2.23. The number of hydrogen-bond acceptors (Lipinski definition) is 4. The molecule has 6 nitrogen and oxygen atoms in total. The van der Waals surface area contributed by atoms with Crippen LogP contribution in [0.1, 0.15) is 43.6 Å². The molecule has 6 heteroatoms. The van der Waals surface area contributed by atoms with E-state index in [2.05, 4.69) is 34.1 Å². The maximum Gasteiger partial charge on any atom is 0.221 e. The molecule has 2 aromatic heterocycles. The minimum Gasteiger partial charge on any atom is -0.441 e. The number of oxazole rings is 1. The normalized spacial score (nSPS) is 12.4. The average molecular weight is 402 g/mol. The van der Waals surface area contributed by atoms with Crippen LogP contribution in [0.15, 0.2) is 59.1 Å². The number of imidazole rings is 1. The molecule has 0 fully saturated rings. The van der Waals surface area contributed by atoms with Gasteiger partial charge in [0.2, 0.25) is 5.91 Å². The minimum absolute atomic E-state index is 0.0516. The highest BCUT2D eigenvalue weighted by atomic mass is 16.4. The van der Waals surface area contributed by atoms with Gasteiger partial charge in [-0.3, -0.25) is 4.79 Å². The van der Waals surface area contributed by atoms with Gasteiger partial charge in [0, 0.05) is 18.4 Å². The highest BCUT2D eigenvalue weighted by Gasteiger charge is 2.22. The Labute approximate surface area is 175 Å². The molecule has 0 saturated carbocycles. The van der Waals surface area contributed by atoms with Crippen molar-refractivity contribution in [1.82, 2.24) is 20.3 Å². The third-order valence-electron chi connectivity index (χ3n) is 5.14. The topological polar surface area (TPSA) is 83.8 Å². The van der Waals surface area contributed by atoms with E-state index in [1.54, 1.807) is 6.20 Å². The lowest BCUT2D eigenvalue weighted by Gasteiger charge is -2.20. The lowest BCUT2D eigenvalue weighted by atomic mass is 10.0. The number of carbonyl (C=O) groups excluding carboxylic acids is 1. The number of nitrogens with zero attached hydrogens (tertiary/aromatic N) is 2. The number of carbonyl (C=O) groups is 1. The highest BCUT2D eigenvalue weighted by molar-refractivity contribution is 5.77. The van der Waals surface area contributed by atoms with Crippen LogP contribution >= 0.6 is 0 Å². The molecule has 154 valence electrons. The van der Waals surface area contributed by atoms with E-state index in [1.807, 2.05) is 55.5 Å². The Morgan fingerprint density at radius 3 is 2.63 bits per heavy atom. The van der Waals surface area contributed by atoms with Crippen LogP contribution in [0.25, 0.3) is 22.4 Å². The predicted molar refractivity (Wildman–Crippen MR) is 117 cm³/mol. The lowest BCUT2D eigenvalue weighted by molar-refractivity contribution is -0.122. The van der Waals surface area contributed by atoms with Gasteiger partial charge in [-0.05, 0) is 25.0 Å². The number of fused-ring (bicyclic) bond motifs is 1. The van der Waals surface area contributed by atoms with Gasteiger partial charge >= 0.3 is 0 Å². The minimum atomic E-state index is -0.183. The molecule has 0 bridgehead atoms. The van der Waals surface area contributed by atoms with Crippen LogP contribution in [0.4, 0.5) is 0 Å². The first kappa shape index (κ1) is 19.9. The first-order valence-corrected chi connectivity index (χ1v) is 10.3. The molecule has 4 aromatic rings. The van der Waals surface area contributed by atoms with E-state index in [1.165, 1.54) is 5.56 Å². The van der Waals surface area contributed by atoms with Crippen LogP contribution in [-0.2, 0) is 11.2 Å². The van der Waals surface area contributed by atoms with E-state index in [-0.39, 0.29) is 17.9 Å². The average Bonchev–Trinajstić information content (AvgIpc) is 3.37. The molecule has 30 heavy (non-hydrogen) atoms. The Kier molecular flexibility index (Phi) is 5.65. The Bertz CT molecular complexity index is 1110. The molecule has 0 aliphatic rings. The number of benzene rings is 2. The number of aromatic nitrogens is 3. The maximum atomic E-state index is 12.6. The van der Waals surface area contributed by atoms with Gasteiger partial charge in [-0.25, -0.2) is 9.97 Å². The lowest BCUT2D eigenvalue weighted by Crippen LogP contribution is -2.32. The maximum absolute atomic E-state index is 12.6. The molecular weight excluding hydrogens is 376 g/mol. The van der Waals surface area contributed by atoms with E-state index in [4.69, 9.17) is 4.42 Å². The zero-order valence-electron chi connectivity index (χ0n) is 17.5. The van der Waals surface area contributed by atoms with Gasteiger partial charge in [-0.2, -0.15) is 0 Å². The summed E-state index contributed by atoms with van der Waals surface area (Å²) in [5, 5.41) is 3.11. The SMILES string of the molecule is Cc1ccc(-c2cnc(CCC(=O)NC(c3nc4ccccc4[nH]3)C(C)C)o2)cc1. The van der Waals surface area contributed by atoms with Crippen molar-refractivity contribution in [1.29, 1.82) is 0 Å². The van der Waals surface area contributed by atoms with Crippen molar-refractivity contribution < 1.29 is 9.21 Å². The molecule has 0 spiro atoms. The van der Waals surface area contributed by atoms with Gasteiger partial charge in [-0.1, -0.05) is 55.8 Å². The summed E-state index contributed by atoms with van der Waals surface area (Å²) in [4.78, 5) is 24.9. The van der Waals surface area contributed by atoms with Crippen molar-refractivity contribution in [2.75, 3.05) is 0 Å². The van der Waals surface area contributed by atoms with Crippen LogP contribution < -0.4 is 5.32 Å². The summed E-state index contributed by atoms with van der Waals surface area (Å²) in [6, 6.07) is 15.8. The van der Waals surface area contributed by atoms with Gasteiger partial charge in [-0.15, -0.1) is 0 Å². The molecule has 1 unspecified atom stereocenters. The molecule has 0 saturated heterocycles. The summed E-state index contributed by atoms with van der Waals surface area (Å²) in [6.45, 7) is 6.18. The molecule has 1 amide bonds. The summed E-state index contributed by atoms with van der Waals surface area (Å²) in [5.74, 6) is 2.20. The number of hydrogen-bond donors (Lipinski definition) is 2. The Balaban J connectivity index is 1.39. The second-order valence-electron chi connectivity index (χ2n) is 7.91. The quantitative estimate of drug-likeness (QED) is 0.457. The zero-order valence-corrected chi connectivity index (χ0v) is 17.5. The van der Waals surface area contributed by atoms with E-state index < -0.39 is 0 Å².